The third-order valence-electron chi connectivity index (χ3n) is 2.82. The molecule has 23 heavy (non-hydrogen) atoms. The van der Waals surface area contributed by atoms with Crippen molar-refractivity contribution in [1.82, 2.24) is 5.32 Å². The van der Waals surface area contributed by atoms with E-state index in [0.29, 0.717) is 38.8 Å². The van der Waals surface area contributed by atoms with Gasteiger partial charge in [-0.15, -0.1) is 0 Å². The van der Waals surface area contributed by atoms with Gasteiger partial charge >= 0.3 is 18.0 Å². The maximum atomic E-state index is 10.2. The van der Waals surface area contributed by atoms with E-state index in [-0.39, 0.29) is 0 Å². The molecule has 0 aromatic rings. The number of carboxylic acid groups (broad SMARTS) is 3. The minimum Gasteiger partial charge on any atom is -0.480 e. The van der Waals surface area contributed by atoms with Crippen molar-refractivity contribution in [1.29, 1.82) is 0 Å². The molecule has 0 radical (unpaired) electrons. The molecule has 0 heterocycles. The van der Waals surface area contributed by atoms with Crippen LogP contribution in [-0.4, -0.2) is 58.5 Å². The van der Waals surface area contributed by atoms with Gasteiger partial charge in [0.15, 0.2) is 0 Å². The quantitative estimate of drug-likeness (QED) is 0.239. The molecule has 0 aromatic carbocycles. The largest absolute Gasteiger partial charge is 0.480 e. The summed E-state index contributed by atoms with van der Waals surface area (Å²) >= 11 is 0. The zero-order valence-electron chi connectivity index (χ0n) is 13.1. The number of aliphatic carboxylic acids is 2. The summed E-state index contributed by atoms with van der Waals surface area (Å²) < 4.78 is 0. The molecule has 10 nitrogen and oxygen atoms in total. The fraction of sp³-hybridized carbons (Fsp3) is 0.769. The number of hydrogen-bond donors (Lipinski definition) is 7. The van der Waals surface area contributed by atoms with Gasteiger partial charge in [0.05, 0.1) is 0 Å². The van der Waals surface area contributed by atoms with Gasteiger partial charge in [0.25, 0.3) is 0 Å². The fourth-order valence-electron chi connectivity index (χ4n) is 1.44. The maximum absolute atomic E-state index is 10.2. The van der Waals surface area contributed by atoms with Crippen molar-refractivity contribution in [3.8, 4) is 0 Å². The van der Waals surface area contributed by atoms with Gasteiger partial charge in [-0.25, -0.2) is 4.79 Å². The second-order valence-electron chi connectivity index (χ2n) is 4.90. The Morgan fingerprint density at radius 1 is 0.826 bits per heavy atom. The number of nitrogens with two attached hydrogens (primary N) is 3. The second-order valence-corrected chi connectivity index (χ2v) is 4.90. The molecule has 0 rings (SSSR count). The van der Waals surface area contributed by atoms with Crippen LogP contribution in [0.2, 0.25) is 0 Å². The van der Waals surface area contributed by atoms with Crippen molar-refractivity contribution in [2.45, 2.75) is 50.6 Å². The van der Waals surface area contributed by atoms with Crippen molar-refractivity contribution in [3.05, 3.63) is 0 Å². The lowest BCUT2D eigenvalue weighted by Crippen LogP contribution is -2.30. The minimum atomic E-state index is -1.07. The average molecular weight is 336 g/mol. The Morgan fingerprint density at radius 2 is 1.26 bits per heavy atom. The summed E-state index contributed by atoms with van der Waals surface area (Å²) in [5, 5.41) is 27.1. The molecule has 0 fully saturated rings. The predicted molar refractivity (Wildman–Crippen MR) is 84.0 cm³/mol. The second kappa shape index (κ2) is 15.0. The summed E-state index contributed by atoms with van der Waals surface area (Å²) in [6.45, 7) is 0.939. The van der Waals surface area contributed by atoms with Crippen molar-refractivity contribution < 1.29 is 29.7 Å². The predicted octanol–water partition coefficient (Wildman–Crippen LogP) is -0.636. The summed E-state index contributed by atoms with van der Waals surface area (Å²) in [5.74, 6) is -1.96. The molecule has 0 aliphatic rings. The maximum Gasteiger partial charge on any atom is 0.404 e. The van der Waals surface area contributed by atoms with E-state index in [1.807, 2.05) is 0 Å². The van der Waals surface area contributed by atoms with Crippen LogP contribution in [0.5, 0.6) is 0 Å². The van der Waals surface area contributed by atoms with Crippen LogP contribution in [0, 0.1) is 0 Å². The highest BCUT2D eigenvalue weighted by atomic mass is 16.4. The van der Waals surface area contributed by atoms with Crippen LogP contribution in [0.3, 0.4) is 0 Å². The topological polar surface area (TPSA) is 202 Å². The zero-order valence-corrected chi connectivity index (χ0v) is 13.1. The van der Waals surface area contributed by atoms with Crippen molar-refractivity contribution in [2.24, 2.45) is 17.2 Å². The number of nitrogens with one attached hydrogen (secondary N) is 1. The Balaban J connectivity index is 0. The smallest absolute Gasteiger partial charge is 0.404 e. The average Bonchev–Trinajstić information content (AvgIpc) is 2.46. The molecule has 2 atom stereocenters. The van der Waals surface area contributed by atoms with Crippen LogP contribution < -0.4 is 22.5 Å². The lowest BCUT2D eigenvalue weighted by atomic mass is 10.1. The van der Waals surface area contributed by atoms with Gasteiger partial charge < -0.3 is 37.8 Å². The van der Waals surface area contributed by atoms with Gasteiger partial charge in [0.1, 0.15) is 12.1 Å². The lowest BCUT2D eigenvalue weighted by Gasteiger charge is -2.05. The molecule has 0 saturated carbocycles. The van der Waals surface area contributed by atoms with E-state index in [4.69, 9.17) is 32.5 Å². The Labute approximate surface area is 135 Å². The summed E-state index contributed by atoms with van der Waals surface area (Å²) in [6.07, 6.45) is 2.68. The van der Waals surface area contributed by atoms with Gasteiger partial charge in [-0.3, -0.25) is 9.59 Å². The van der Waals surface area contributed by atoms with E-state index in [1.54, 1.807) is 0 Å². The number of amides is 1. The van der Waals surface area contributed by atoms with E-state index in [1.165, 1.54) is 0 Å². The first kappa shape index (κ1) is 23.4. The van der Waals surface area contributed by atoms with Gasteiger partial charge in [-0.05, 0) is 38.6 Å². The Kier molecular flexibility index (Phi) is 15.2. The molecule has 136 valence electrons. The molecule has 0 saturated heterocycles. The molecule has 0 unspecified atom stereocenters. The number of carboxylic acids is 2. The fourth-order valence-corrected chi connectivity index (χ4v) is 1.44. The molecule has 0 aromatic heterocycles. The monoisotopic (exact) mass is 336 g/mol. The third kappa shape index (κ3) is 18.0. The number of unbranched alkanes of at least 4 members (excludes halogenated alkanes) is 2. The molecule has 10 N–H and O–H groups in total. The van der Waals surface area contributed by atoms with Crippen LogP contribution >= 0.6 is 0 Å². The standard InChI is InChI=1S/C7H14N2O4.C6H14N2O2/c8-5(6(10)11)3-1-2-4-9-7(12)13;7-4-2-1-3-5(8)6(9)10/h5,9H,1-4,8H2,(H,10,11)(H,12,13);5H,1-4,7-8H2,(H,9,10)/t2*5-/m00/s1. The first-order chi connectivity index (χ1) is 10.7. The van der Waals surface area contributed by atoms with E-state index < -0.39 is 30.1 Å². The summed E-state index contributed by atoms with van der Waals surface area (Å²) in [5.41, 5.74) is 15.6. The van der Waals surface area contributed by atoms with Gasteiger partial charge in [0, 0.05) is 6.54 Å². The van der Waals surface area contributed by atoms with Crippen LogP contribution in [0.1, 0.15) is 38.5 Å². The molecule has 0 aliphatic heterocycles. The summed E-state index contributed by atoms with van der Waals surface area (Å²) in [6, 6.07) is -1.56. The van der Waals surface area contributed by atoms with E-state index in [9.17, 15) is 14.4 Å². The van der Waals surface area contributed by atoms with E-state index >= 15 is 0 Å². The molecule has 1 amide bonds. The van der Waals surface area contributed by atoms with Crippen molar-refractivity contribution in [3.63, 3.8) is 0 Å². The van der Waals surface area contributed by atoms with Crippen LogP contribution in [0.15, 0.2) is 0 Å². The lowest BCUT2D eigenvalue weighted by molar-refractivity contribution is -0.139. The number of rotatable bonds is 11. The first-order valence-electron chi connectivity index (χ1n) is 7.36. The number of carbonyl (C=O) groups is 3. The number of hydrogen-bond acceptors (Lipinski definition) is 6. The third-order valence-corrected chi connectivity index (χ3v) is 2.82. The molecule has 0 aliphatic carbocycles. The molecular formula is C13H28N4O6. The van der Waals surface area contributed by atoms with Crippen LogP contribution in [0.4, 0.5) is 4.79 Å². The van der Waals surface area contributed by atoms with Gasteiger partial charge in [0.2, 0.25) is 0 Å². The normalized spacial score (nSPS) is 12.5. The highest BCUT2D eigenvalue weighted by Crippen LogP contribution is 1.98. The SMILES string of the molecule is NCCCC[C@H](N)C(=O)O.N[C@@H](CCCCNC(=O)O)C(=O)O. The summed E-state index contributed by atoms with van der Waals surface area (Å²) in [7, 11) is 0. The Morgan fingerprint density at radius 3 is 1.61 bits per heavy atom. The zero-order chi connectivity index (χ0) is 18.3. The van der Waals surface area contributed by atoms with Gasteiger partial charge in [-0.2, -0.15) is 0 Å². The molecule has 0 bridgehead atoms. The highest BCUT2D eigenvalue weighted by Gasteiger charge is 2.10. The van der Waals surface area contributed by atoms with E-state index in [0.717, 1.165) is 12.8 Å². The van der Waals surface area contributed by atoms with E-state index in [2.05, 4.69) is 5.32 Å². The van der Waals surface area contributed by atoms with Crippen molar-refractivity contribution >= 4 is 18.0 Å². The highest BCUT2D eigenvalue weighted by molar-refractivity contribution is 5.73. The molecule has 0 spiro atoms. The first-order valence-corrected chi connectivity index (χ1v) is 7.36. The van der Waals surface area contributed by atoms with Crippen LogP contribution in [0.25, 0.3) is 0 Å². The molecule has 10 heteroatoms. The Bertz CT molecular complexity index is 353. The van der Waals surface area contributed by atoms with Crippen molar-refractivity contribution in [2.75, 3.05) is 13.1 Å². The van der Waals surface area contributed by atoms with Gasteiger partial charge in [-0.1, -0.05) is 6.42 Å². The summed E-state index contributed by atoms with van der Waals surface area (Å²) in [4.78, 5) is 30.3. The van der Waals surface area contributed by atoms with Crippen LogP contribution in [-0.2, 0) is 9.59 Å². The molecular weight excluding hydrogens is 308 g/mol. The minimum absolute atomic E-state index is 0.335. The Hall–Kier alpha value is -1.91.